The quantitative estimate of drug-likeness (QED) is 0.686. The molecule has 3 heteroatoms. The maximum absolute atomic E-state index is 13.4. The van der Waals surface area contributed by atoms with Gasteiger partial charge in [-0.15, -0.1) is 0 Å². The van der Waals surface area contributed by atoms with Gasteiger partial charge in [0.15, 0.2) is 6.29 Å². The van der Waals surface area contributed by atoms with E-state index >= 15 is 0 Å². The van der Waals surface area contributed by atoms with Crippen molar-refractivity contribution in [1.29, 1.82) is 0 Å². The van der Waals surface area contributed by atoms with Crippen molar-refractivity contribution in [3.05, 3.63) is 58.9 Å². The number of aromatic nitrogens is 1. The van der Waals surface area contributed by atoms with Crippen molar-refractivity contribution in [3.8, 4) is 11.3 Å². The Labute approximate surface area is 116 Å². The number of aromatic amines is 1. The topological polar surface area (TPSA) is 32.9 Å². The second-order valence-corrected chi connectivity index (χ2v) is 5.04. The Kier molecular flexibility index (Phi) is 2.90. The SMILES string of the molecule is Cc1ccc(C)c(-c2[nH]c3ccc(F)cc3c2C=O)c1. The maximum atomic E-state index is 13.4. The number of carbonyl (C=O) groups excluding carboxylic acids is 1. The van der Waals surface area contributed by atoms with Crippen LogP contribution in [0.3, 0.4) is 0 Å². The van der Waals surface area contributed by atoms with E-state index in [0.717, 1.165) is 34.2 Å². The normalized spacial score (nSPS) is 10.9. The lowest BCUT2D eigenvalue weighted by Crippen LogP contribution is -1.89. The maximum Gasteiger partial charge on any atom is 0.152 e. The zero-order chi connectivity index (χ0) is 14.3. The smallest absolute Gasteiger partial charge is 0.152 e. The van der Waals surface area contributed by atoms with Gasteiger partial charge in [0.2, 0.25) is 0 Å². The predicted octanol–water partition coefficient (Wildman–Crippen LogP) is 4.40. The highest BCUT2D eigenvalue weighted by atomic mass is 19.1. The third-order valence-corrected chi connectivity index (χ3v) is 3.58. The van der Waals surface area contributed by atoms with Crippen LogP contribution in [0.5, 0.6) is 0 Å². The summed E-state index contributed by atoms with van der Waals surface area (Å²) in [5.41, 5.74) is 5.20. The number of carbonyl (C=O) groups is 1. The van der Waals surface area contributed by atoms with E-state index in [9.17, 15) is 9.18 Å². The van der Waals surface area contributed by atoms with Crippen LogP contribution < -0.4 is 0 Å². The highest BCUT2D eigenvalue weighted by Crippen LogP contribution is 2.32. The molecule has 0 unspecified atom stereocenters. The predicted molar refractivity (Wildman–Crippen MR) is 78.6 cm³/mol. The molecule has 2 aromatic carbocycles. The molecule has 2 nitrogen and oxygen atoms in total. The molecular weight excluding hydrogens is 253 g/mol. The van der Waals surface area contributed by atoms with Crippen LogP contribution in [-0.2, 0) is 0 Å². The molecule has 0 saturated heterocycles. The minimum absolute atomic E-state index is 0.341. The highest BCUT2D eigenvalue weighted by molar-refractivity contribution is 6.04. The van der Waals surface area contributed by atoms with Crippen molar-refractivity contribution in [2.24, 2.45) is 0 Å². The zero-order valence-corrected chi connectivity index (χ0v) is 11.3. The van der Waals surface area contributed by atoms with E-state index < -0.39 is 0 Å². The number of aldehydes is 1. The molecule has 1 heterocycles. The molecule has 0 saturated carbocycles. The van der Waals surface area contributed by atoms with Gasteiger partial charge in [-0.3, -0.25) is 4.79 Å². The summed E-state index contributed by atoms with van der Waals surface area (Å²) in [7, 11) is 0. The van der Waals surface area contributed by atoms with E-state index in [1.54, 1.807) is 6.07 Å². The molecule has 0 aliphatic rings. The first-order valence-electron chi connectivity index (χ1n) is 6.44. The standard InChI is InChI=1S/C17H14FNO/c1-10-3-4-11(2)13(7-10)17-15(9-20)14-8-12(18)5-6-16(14)19-17/h3-9,19H,1-2H3. The molecule has 20 heavy (non-hydrogen) atoms. The molecule has 3 rings (SSSR count). The number of benzene rings is 2. The van der Waals surface area contributed by atoms with Crippen LogP contribution in [0.25, 0.3) is 22.2 Å². The second-order valence-electron chi connectivity index (χ2n) is 5.04. The largest absolute Gasteiger partial charge is 0.354 e. The Morgan fingerprint density at radius 3 is 2.65 bits per heavy atom. The summed E-state index contributed by atoms with van der Waals surface area (Å²) < 4.78 is 13.4. The molecule has 0 spiro atoms. The summed E-state index contributed by atoms with van der Waals surface area (Å²) in [5, 5.41) is 0.621. The molecule has 1 aromatic heterocycles. The molecule has 100 valence electrons. The van der Waals surface area contributed by atoms with Crippen LogP contribution in [0.2, 0.25) is 0 Å². The van der Waals surface area contributed by atoms with Crippen LogP contribution in [0.1, 0.15) is 21.5 Å². The van der Waals surface area contributed by atoms with E-state index in [0.29, 0.717) is 10.9 Å². The van der Waals surface area contributed by atoms with Crippen molar-refractivity contribution in [2.75, 3.05) is 0 Å². The Morgan fingerprint density at radius 2 is 1.90 bits per heavy atom. The van der Waals surface area contributed by atoms with Crippen LogP contribution >= 0.6 is 0 Å². The van der Waals surface area contributed by atoms with Crippen molar-refractivity contribution in [2.45, 2.75) is 13.8 Å². The average molecular weight is 267 g/mol. The Bertz CT molecular complexity index is 817. The average Bonchev–Trinajstić information content (AvgIpc) is 2.79. The molecule has 0 fully saturated rings. The minimum Gasteiger partial charge on any atom is -0.354 e. The van der Waals surface area contributed by atoms with Gasteiger partial charge in [0, 0.05) is 22.0 Å². The van der Waals surface area contributed by atoms with E-state index in [2.05, 4.69) is 4.98 Å². The Morgan fingerprint density at radius 1 is 1.10 bits per heavy atom. The minimum atomic E-state index is -0.341. The second kappa shape index (κ2) is 4.60. The first-order chi connectivity index (χ1) is 9.60. The number of H-pyrrole nitrogens is 1. The molecule has 3 aromatic rings. The van der Waals surface area contributed by atoms with Gasteiger partial charge in [-0.2, -0.15) is 0 Å². The molecule has 0 aliphatic carbocycles. The van der Waals surface area contributed by atoms with Crippen LogP contribution in [0.4, 0.5) is 4.39 Å². The van der Waals surface area contributed by atoms with Crippen LogP contribution in [0, 0.1) is 19.7 Å². The van der Waals surface area contributed by atoms with E-state index in [-0.39, 0.29) is 5.82 Å². The molecule has 0 bridgehead atoms. The van der Waals surface area contributed by atoms with Gasteiger partial charge >= 0.3 is 0 Å². The molecular formula is C17H14FNO. The third-order valence-electron chi connectivity index (χ3n) is 3.58. The first kappa shape index (κ1) is 12.6. The molecule has 0 atom stereocenters. The summed E-state index contributed by atoms with van der Waals surface area (Å²) in [6, 6.07) is 10.5. The number of hydrogen-bond donors (Lipinski definition) is 1. The summed E-state index contributed by atoms with van der Waals surface area (Å²) in [4.78, 5) is 14.7. The monoisotopic (exact) mass is 267 g/mol. The molecule has 0 radical (unpaired) electrons. The fourth-order valence-electron chi connectivity index (χ4n) is 2.52. The lowest BCUT2D eigenvalue weighted by Gasteiger charge is -2.06. The number of nitrogens with one attached hydrogen (secondary N) is 1. The van der Waals surface area contributed by atoms with Gasteiger partial charge in [0.05, 0.1) is 5.69 Å². The molecule has 0 amide bonds. The molecule has 1 N–H and O–H groups in total. The van der Waals surface area contributed by atoms with Gasteiger partial charge in [-0.25, -0.2) is 4.39 Å². The number of hydrogen-bond acceptors (Lipinski definition) is 1. The number of rotatable bonds is 2. The fraction of sp³-hybridized carbons (Fsp3) is 0.118. The van der Waals surface area contributed by atoms with Crippen LogP contribution in [-0.4, -0.2) is 11.3 Å². The van der Waals surface area contributed by atoms with Gasteiger partial charge < -0.3 is 4.98 Å². The summed E-state index contributed by atoms with van der Waals surface area (Å²) >= 11 is 0. The van der Waals surface area contributed by atoms with Gasteiger partial charge in [0.25, 0.3) is 0 Å². The lowest BCUT2D eigenvalue weighted by molar-refractivity contribution is 0.112. The zero-order valence-electron chi connectivity index (χ0n) is 11.3. The number of halogens is 1. The number of aryl methyl sites for hydroxylation is 2. The van der Waals surface area contributed by atoms with Gasteiger partial charge in [-0.05, 0) is 43.7 Å². The highest BCUT2D eigenvalue weighted by Gasteiger charge is 2.14. The summed E-state index contributed by atoms with van der Waals surface area (Å²) in [5.74, 6) is -0.341. The summed E-state index contributed by atoms with van der Waals surface area (Å²) in [6.07, 6.45) is 0.787. The van der Waals surface area contributed by atoms with Gasteiger partial charge in [-0.1, -0.05) is 17.7 Å². The third kappa shape index (κ3) is 1.92. The fourth-order valence-corrected chi connectivity index (χ4v) is 2.52. The van der Waals surface area contributed by atoms with Crippen molar-refractivity contribution < 1.29 is 9.18 Å². The van der Waals surface area contributed by atoms with Gasteiger partial charge in [0.1, 0.15) is 5.82 Å². The van der Waals surface area contributed by atoms with Crippen molar-refractivity contribution in [3.63, 3.8) is 0 Å². The number of fused-ring (bicyclic) bond motifs is 1. The molecule has 0 aliphatic heterocycles. The van der Waals surface area contributed by atoms with E-state index in [1.165, 1.54) is 12.1 Å². The summed E-state index contributed by atoms with van der Waals surface area (Å²) in [6.45, 7) is 4.00. The Hall–Kier alpha value is -2.42. The Balaban J connectivity index is 2.36. The van der Waals surface area contributed by atoms with Crippen molar-refractivity contribution in [1.82, 2.24) is 4.98 Å². The van der Waals surface area contributed by atoms with Crippen LogP contribution in [0.15, 0.2) is 36.4 Å². The lowest BCUT2D eigenvalue weighted by atomic mass is 10.00. The van der Waals surface area contributed by atoms with E-state index in [1.807, 2.05) is 32.0 Å². The van der Waals surface area contributed by atoms with E-state index in [4.69, 9.17) is 0 Å². The van der Waals surface area contributed by atoms with Crippen molar-refractivity contribution >= 4 is 17.2 Å². The first-order valence-corrected chi connectivity index (χ1v) is 6.44.